The van der Waals surface area contributed by atoms with E-state index in [1.165, 1.54) is 117 Å². The molecule has 1 atom stereocenters. The molecule has 6 aromatic carbocycles. The second-order valence-corrected chi connectivity index (χ2v) is 18.6. The molecule has 0 amide bonds. The van der Waals surface area contributed by atoms with Crippen LogP contribution in [0.2, 0.25) is 0 Å². The summed E-state index contributed by atoms with van der Waals surface area (Å²) in [6, 6.07) is 50.6. The standard InChI is InChI=1S/C52H57IN2/c1-8-9-10-11-12-13-34-52(53)49-35-45(54(41-22-14-37(2)15-23-41)42-24-16-38(3)17-25-42)30-32-47(49)48-33-31-46(36-50(48)52)55(43-26-18-39(4)19-27-43)44-28-20-40(21-29-44)51(5,6)7/h14-33,35-36H,8-13,34H2,1-7H3. The Hall–Kier alpha value is -4.35. The minimum absolute atomic E-state index is 0.0945. The maximum absolute atomic E-state index is 2.84. The number of hydrogen-bond acceptors (Lipinski definition) is 2. The number of halogens is 1. The van der Waals surface area contributed by atoms with E-state index in [1.807, 2.05) is 0 Å². The van der Waals surface area contributed by atoms with Crippen molar-refractivity contribution < 1.29 is 0 Å². The predicted molar refractivity (Wildman–Crippen MR) is 247 cm³/mol. The van der Waals surface area contributed by atoms with Gasteiger partial charge in [0.15, 0.2) is 0 Å². The van der Waals surface area contributed by atoms with Crippen molar-refractivity contribution in [3.63, 3.8) is 0 Å². The Bertz CT molecular complexity index is 2160. The molecule has 0 saturated heterocycles. The van der Waals surface area contributed by atoms with Gasteiger partial charge in [-0.15, -0.1) is 0 Å². The highest BCUT2D eigenvalue weighted by Crippen LogP contribution is 2.58. The van der Waals surface area contributed by atoms with Gasteiger partial charge in [0.2, 0.25) is 0 Å². The molecule has 55 heavy (non-hydrogen) atoms. The number of unbranched alkanes of at least 4 members (excludes halogenated alkanes) is 5. The van der Waals surface area contributed by atoms with Gasteiger partial charge in [0.1, 0.15) is 0 Å². The van der Waals surface area contributed by atoms with Gasteiger partial charge in [-0.25, -0.2) is 0 Å². The lowest BCUT2D eigenvalue weighted by Gasteiger charge is -2.31. The summed E-state index contributed by atoms with van der Waals surface area (Å²) in [4.78, 5) is 4.87. The van der Waals surface area contributed by atoms with Crippen LogP contribution in [0.4, 0.5) is 34.1 Å². The largest absolute Gasteiger partial charge is 0.310 e. The van der Waals surface area contributed by atoms with Gasteiger partial charge in [-0.3, -0.25) is 0 Å². The van der Waals surface area contributed by atoms with Crippen LogP contribution in [0.5, 0.6) is 0 Å². The molecule has 6 aromatic rings. The van der Waals surface area contributed by atoms with Gasteiger partial charge in [0.25, 0.3) is 0 Å². The normalized spacial score (nSPS) is 14.8. The van der Waals surface area contributed by atoms with Crippen LogP contribution in [0.1, 0.15) is 106 Å². The Morgan fingerprint density at radius 1 is 0.455 bits per heavy atom. The summed E-state index contributed by atoms with van der Waals surface area (Å²) in [5.74, 6) is 0. The Balaban J connectivity index is 1.35. The van der Waals surface area contributed by atoms with Gasteiger partial charge in [-0.05, 0) is 133 Å². The number of benzene rings is 6. The zero-order valence-electron chi connectivity index (χ0n) is 33.9. The summed E-state index contributed by atoms with van der Waals surface area (Å²) < 4.78 is -0.166. The molecule has 2 nitrogen and oxygen atoms in total. The van der Waals surface area contributed by atoms with Crippen LogP contribution in [0.25, 0.3) is 11.1 Å². The van der Waals surface area contributed by atoms with E-state index in [0.717, 1.165) is 6.42 Å². The molecule has 3 heteroatoms. The fraction of sp³-hybridized carbons (Fsp3) is 0.308. The zero-order valence-corrected chi connectivity index (χ0v) is 36.1. The monoisotopic (exact) mass is 836 g/mol. The Morgan fingerprint density at radius 2 is 0.800 bits per heavy atom. The highest BCUT2D eigenvalue weighted by Gasteiger charge is 2.41. The molecule has 1 aliphatic rings. The average molecular weight is 837 g/mol. The van der Waals surface area contributed by atoms with Crippen molar-refractivity contribution in [1.82, 2.24) is 0 Å². The van der Waals surface area contributed by atoms with Crippen molar-refractivity contribution in [2.45, 2.75) is 102 Å². The highest BCUT2D eigenvalue weighted by atomic mass is 127. The van der Waals surface area contributed by atoms with Gasteiger partial charge in [0, 0.05) is 34.1 Å². The molecular weight excluding hydrogens is 779 g/mol. The van der Waals surface area contributed by atoms with Crippen LogP contribution >= 0.6 is 22.6 Å². The summed E-state index contributed by atoms with van der Waals surface area (Å²) in [5.41, 5.74) is 17.9. The van der Waals surface area contributed by atoms with E-state index >= 15 is 0 Å². The Kier molecular flexibility index (Phi) is 11.6. The molecular formula is C52H57IN2. The van der Waals surface area contributed by atoms with E-state index in [0.29, 0.717) is 0 Å². The first kappa shape index (κ1) is 38.9. The van der Waals surface area contributed by atoms with E-state index in [9.17, 15) is 0 Å². The molecule has 0 spiro atoms. The summed E-state index contributed by atoms with van der Waals surface area (Å²) in [6.07, 6.45) is 8.81. The number of nitrogens with zero attached hydrogens (tertiary/aromatic N) is 2. The number of alkyl halides is 1. The number of hydrogen-bond donors (Lipinski definition) is 0. The first-order valence-corrected chi connectivity index (χ1v) is 21.4. The maximum atomic E-state index is 2.84. The third-order valence-corrected chi connectivity index (χ3v) is 13.1. The molecule has 0 aromatic heterocycles. The summed E-state index contributed by atoms with van der Waals surface area (Å²) in [6.45, 7) is 15.6. The van der Waals surface area contributed by atoms with Crippen molar-refractivity contribution in [1.29, 1.82) is 0 Å². The van der Waals surface area contributed by atoms with Crippen LogP contribution in [0, 0.1) is 20.8 Å². The molecule has 0 N–H and O–H groups in total. The van der Waals surface area contributed by atoms with E-state index in [4.69, 9.17) is 0 Å². The fourth-order valence-corrected chi connectivity index (χ4v) is 9.39. The lowest BCUT2D eigenvalue weighted by atomic mass is 9.87. The van der Waals surface area contributed by atoms with Gasteiger partial charge >= 0.3 is 0 Å². The fourth-order valence-electron chi connectivity index (χ4n) is 8.12. The minimum Gasteiger partial charge on any atom is -0.310 e. The van der Waals surface area contributed by atoms with Crippen LogP contribution < -0.4 is 9.80 Å². The van der Waals surface area contributed by atoms with Gasteiger partial charge in [0.05, 0.1) is 3.42 Å². The lowest BCUT2D eigenvalue weighted by molar-refractivity contribution is 0.563. The summed E-state index contributed by atoms with van der Waals surface area (Å²) in [7, 11) is 0. The maximum Gasteiger partial charge on any atom is 0.0732 e. The summed E-state index contributed by atoms with van der Waals surface area (Å²) in [5, 5.41) is 0. The van der Waals surface area contributed by atoms with E-state index in [-0.39, 0.29) is 8.84 Å². The Morgan fingerprint density at radius 3 is 1.18 bits per heavy atom. The van der Waals surface area contributed by atoms with E-state index in [1.54, 1.807) is 0 Å². The predicted octanol–water partition coefficient (Wildman–Crippen LogP) is 16.3. The van der Waals surface area contributed by atoms with Crippen LogP contribution in [0.15, 0.2) is 133 Å². The molecule has 1 unspecified atom stereocenters. The quantitative estimate of drug-likeness (QED) is 0.0650. The molecule has 0 bridgehead atoms. The van der Waals surface area contributed by atoms with Crippen molar-refractivity contribution in [3.05, 3.63) is 167 Å². The molecule has 0 saturated carbocycles. The second kappa shape index (κ2) is 16.4. The lowest BCUT2D eigenvalue weighted by Crippen LogP contribution is -2.19. The first-order valence-electron chi connectivity index (χ1n) is 20.4. The van der Waals surface area contributed by atoms with E-state index < -0.39 is 0 Å². The van der Waals surface area contributed by atoms with Crippen LogP contribution in [-0.2, 0) is 8.84 Å². The highest BCUT2D eigenvalue weighted by molar-refractivity contribution is 14.1. The molecule has 0 heterocycles. The molecule has 282 valence electrons. The van der Waals surface area contributed by atoms with Crippen molar-refractivity contribution in [2.75, 3.05) is 9.80 Å². The van der Waals surface area contributed by atoms with Gasteiger partial charge in [-0.2, -0.15) is 0 Å². The van der Waals surface area contributed by atoms with Crippen LogP contribution in [0.3, 0.4) is 0 Å². The van der Waals surface area contributed by atoms with Gasteiger partial charge < -0.3 is 9.80 Å². The first-order chi connectivity index (χ1) is 26.5. The smallest absolute Gasteiger partial charge is 0.0732 e. The number of anilines is 6. The van der Waals surface area contributed by atoms with Gasteiger partial charge in [-0.1, -0.05) is 166 Å². The van der Waals surface area contributed by atoms with Crippen molar-refractivity contribution >= 4 is 56.7 Å². The Labute approximate surface area is 344 Å². The number of fused-ring (bicyclic) bond motifs is 3. The summed E-state index contributed by atoms with van der Waals surface area (Å²) >= 11 is 2.84. The molecule has 0 fully saturated rings. The topological polar surface area (TPSA) is 6.48 Å². The molecule has 1 aliphatic carbocycles. The SMILES string of the molecule is CCCCCCCCC1(I)c2cc(N(c3ccc(C)cc3)c3ccc(C)cc3)ccc2-c2ccc(N(c3ccc(C)cc3)c3ccc(C(C)(C)C)cc3)cc21. The third-order valence-electron chi connectivity index (χ3n) is 11.4. The zero-order chi connectivity index (χ0) is 38.7. The van der Waals surface area contributed by atoms with Crippen molar-refractivity contribution in [3.8, 4) is 11.1 Å². The van der Waals surface area contributed by atoms with Crippen molar-refractivity contribution in [2.24, 2.45) is 0 Å². The molecule has 0 aliphatic heterocycles. The number of aryl methyl sites for hydroxylation is 3. The van der Waals surface area contributed by atoms with E-state index in [2.05, 4.69) is 214 Å². The second-order valence-electron chi connectivity index (χ2n) is 16.8. The number of rotatable bonds is 13. The van der Waals surface area contributed by atoms with Crippen LogP contribution in [-0.4, -0.2) is 0 Å². The average Bonchev–Trinajstić information content (AvgIpc) is 3.42. The third kappa shape index (κ3) is 8.28. The molecule has 7 rings (SSSR count). The molecule has 0 radical (unpaired) electrons. The minimum atomic E-state index is -0.166.